The first kappa shape index (κ1) is 8.81. The van der Waals surface area contributed by atoms with E-state index in [1.165, 1.54) is 6.08 Å². The molecule has 0 aliphatic carbocycles. The molecule has 1 N–H and O–H groups in total. The molecule has 0 aliphatic rings. The highest BCUT2D eigenvalue weighted by atomic mass is 35.5. The Bertz CT molecular complexity index is 301. The largest absolute Gasteiger partial charge is 0.478 e. The lowest BCUT2D eigenvalue weighted by atomic mass is 10.2. The van der Waals surface area contributed by atoms with Crippen molar-refractivity contribution in [2.75, 3.05) is 0 Å². The van der Waals surface area contributed by atoms with Crippen LogP contribution in [0.5, 0.6) is 0 Å². The fourth-order valence-electron chi connectivity index (χ4n) is 0.741. The molecule has 0 atom stereocenters. The van der Waals surface area contributed by atoms with E-state index in [1.54, 1.807) is 24.3 Å². The van der Waals surface area contributed by atoms with Crippen molar-refractivity contribution in [2.24, 2.45) is 0 Å². The van der Waals surface area contributed by atoms with Gasteiger partial charge in [-0.25, -0.2) is 4.79 Å². The number of halogens is 1. The fourth-order valence-corrected chi connectivity index (χ4v) is 0.867. The normalized spacial score (nSPS) is 10.4. The van der Waals surface area contributed by atoms with Gasteiger partial charge in [-0.3, -0.25) is 0 Å². The van der Waals surface area contributed by atoms with E-state index >= 15 is 0 Å². The first-order chi connectivity index (χ1) is 5.68. The summed E-state index contributed by atoms with van der Waals surface area (Å²) < 4.78 is 0. The molecule has 2 nitrogen and oxygen atoms in total. The quantitative estimate of drug-likeness (QED) is 0.714. The van der Waals surface area contributed by atoms with Gasteiger partial charge in [0, 0.05) is 11.1 Å². The maximum atomic E-state index is 10.1. The standard InChI is InChI=1S/C9H7ClO2/c10-8-4-1-7(2-5-8)3-6-9(11)12/h1-6H,(H,11,12)/b6-3-. The van der Waals surface area contributed by atoms with Crippen molar-refractivity contribution in [3.05, 3.63) is 40.9 Å². The third kappa shape index (κ3) is 2.76. The van der Waals surface area contributed by atoms with E-state index in [4.69, 9.17) is 16.7 Å². The van der Waals surface area contributed by atoms with E-state index in [9.17, 15) is 4.79 Å². The number of hydrogen-bond acceptors (Lipinski definition) is 1. The molecule has 3 heteroatoms. The SMILES string of the molecule is O=C(O)/C=C\c1ccc(Cl)cc1. The number of hydrogen-bond donors (Lipinski definition) is 1. The molecular formula is C9H7ClO2. The van der Waals surface area contributed by atoms with Gasteiger partial charge in [-0.2, -0.15) is 0 Å². The Kier molecular flexibility index (Phi) is 2.88. The Labute approximate surface area is 75.1 Å². The minimum Gasteiger partial charge on any atom is -0.478 e. The Morgan fingerprint density at radius 2 is 1.92 bits per heavy atom. The summed E-state index contributed by atoms with van der Waals surface area (Å²) in [6, 6.07) is 6.93. The molecule has 1 aromatic carbocycles. The van der Waals surface area contributed by atoms with Crippen LogP contribution in [0.2, 0.25) is 5.02 Å². The third-order valence-electron chi connectivity index (χ3n) is 1.29. The van der Waals surface area contributed by atoms with Gasteiger partial charge < -0.3 is 5.11 Å². The fraction of sp³-hybridized carbons (Fsp3) is 0. The molecule has 0 aromatic heterocycles. The molecule has 0 saturated heterocycles. The second kappa shape index (κ2) is 3.93. The van der Waals surface area contributed by atoms with Crippen LogP contribution in [0.25, 0.3) is 6.08 Å². The van der Waals surface area contributed by atoms with Crippen LogP contribution >= 0.6 is 11.6 Å². The van der Waals surface area contributed by atoms with E-state index in [1.807, 2.05) is 0 Å². The molecule has 1 rings (SSSR count). The number of benzene rings is 1. The van der Waals surface area contributed by atoms with Gasteiger partial charge in [0.15, 0.2) is 0 Å². The third-order valence-corrected chi connectivity index (χ3v) is 1.54. The van der Waals surface area contributed by atoms with Crippen LogP contribution in [-0.2, 0) is 4.79 Å². The monoisotopic (exact) mass is 182 g/mol. The van der Waals surface area contributed by atoms with Crippen molar-refractivity contribution < 1.29 is 9.90 Å². The molecule has 0 bridgehead atoms. The van der Waals surface area contributed by atoms with E-state index in [0.717, 1.165) is 11.6 Å². The molecule has 0 radical (unpaired) electrons. The van der Waals surface area contributed by atoms with Crippen molar-refractivity contribution in [2.45, 2.75) is 0 Å². The van der Waals surface area contributed by atoms with Crippen LogP contribution in [0, 0.1) is 0 Å². The molecule has 0 saturated carbocycles. The molecule has 0 fully saturated rings. The highest BCUT2D eigenvalue weighted by Crippen LogP contribution is 2.10. The predicted molar refractivity (Wildman–Crippen MR) is 48.1 cm³/mol. The molecule has 0 unspecified atom stereocenters. The highest BCUT2D eigenvalue weighted by molar-refractivity contribution is 6.30. The minimum atomic E-state index is -0.954. The maximum Gasteiger partial charge on any atom is 0.328 e. The van der Waals surface area contributed by atoms with Crippen LogP contribution in [0.4, 0.5) is 0 Å². The molecule has 0 aliphatic heterocycles. The molecule has 0 amide bonds. The lowest BCUT2D eigenvalue weighted by molar-refractivity contribution is -0.131. The summed E-state index contributed by atoms with van der Waals surface area (Å²) in [7, 11) is 0. The Balaban J connectivity index is 2.77. The number of carbonyl (C=O) groups is 1. The number of rotatable bonds is 2. The highest BCUT2D eigenvalue weighted by Gasteiger charge is 1.89. The Morgan fingerprint density at radius 1 is 1.33 bits per heavy atom. The lowest BCUT2D eigenvalue weighted by Crippen LogP contribution is -1.85. The molecule has 0 spiro atoms. The van der Waals surface area contributed by atoms with Crippen LogP contribution in [0.3, 0.4) is 0 Å². The average Bonchev–Trinajstić information content (AvgIpc) is 2.03. The van der Waals surface area contributed by atoms with Gasteiger partial charge in [0.05, 0.1) is 0 Å². The second-order valence-corrected chi connectivity index (χ2v) is 2.66. The first-order valence-corrected chi connectivity index (χ1v) is 3.73. The minimum absolute atomic E-state index is 0.641. The molecule has 1 aromatic rings. The molecule has 12 heavy (non-hydrogen) atoms. The summed E-state index contributed by atoms with van der Waals surface area (Å²) in [5.41, 5.74) is 0.821. The summed E-state index contributed by atoms with van der Waals surface area (Å²) in [6.45, 7) is 0. The number of aliphatic carboxylic acids is 1. The number of carboxylic acids is 1. The predicted octanol–water partition coefficient (Wildman–Crippen LogP) is 2.44. The van der Waals surface area contributed by atoms with Crippen LogP contribution < -0.4 is 0 Å². The number of carboxylic acid groups (broad SMARTS) is 1. The summed E-state index contributed by atoms with van der Waals surface area (Å²) in [5, 5.41) is 8.96. The van der Waals surface area contributed by atoms with Gasteiger partial charge in [-0.1, -0.05) is 23.7 Å². The van der Waals surface area contributed by atoms with E-state index in [2.05, 4.69) is 0 Å². The van der Waals surface area contributed by atoms with E-state index in [-0.39, 0.29) is 0 Å². The zero-order valence-corrected chi connectivity index (χ0v) is 6.95. The lowest BCUT2D eigenvalue weighted by Gasteiger charge is -1.91. The summed E-state index contributed by atoms with van der Waals surface area (Å²) in [4.78, 5) is 10.1. The van der Waals surface area contributed by atoms with Gasteiger partial charge in [-0.15, -0.1) is 0 Å². The van der Waals surface area contributed by atoms with Crippen molar-refractivity contribution in [1.29, 1.82) is 0 Å². The molecule has 62 valence electrons. The van der Waals surface area contributed by atoms with Gasteiger partial charge in [0.25, 0.3) is 0 Å². The smallest absolute Gasteiger partial charge is 0.328 e. The Morgan fingerprint density at radius 3 is 2.42 bits per heavy atom. The Hall–Kier alpha value is -1.28. The first-order valence-electron chi connectivity index (χ1n) is 3.35. The van der Waals surface area contributed by atoms with Crippen molar-refractivity contribution in [3.63, 3.8) is 0 Å². The summed E-state index contributed by atoms with van der Waals surface area (Å²) in [6.07, 6.45) is 2.60. The molecular weight excluding hydrogens is 176 g/mol. The summed E-state index contributed by atoms with van der Waals surface area (Å²) in [5.74, 6) is -0.954. The second-order valence-electron chi connectivity index (χ2n) is 2.22. The van der Waals surface area contributed by atoms with E-state index < -0.39 is 5.97 Å². The van der Waals surface area contributed by atoms with E-state index in [0.29, 0.717) is 5.02 Å². The van der Waals surface area contributed by atoms with Crippen LogP contribution in [0.15, 0.2) is 30.3 Å². The van der Waals surface area contributed by atoms with Gasteiger partial charge in [-0.05, 0) is 23.8 Å². The maximum absolute atomic E-state index is 10.1. The van der Waals surface area contributed by atoms with Crippen molar-refractivity contribution in [3.8, 4) is 0 Å². The van der Waals surface area contributed by atoms with Crippen LogP contribution in [-0.4, -0.2) is 11.1 Å². The topological polar surface area (TPSA) is 37.3 Å². The van der Waals surface area contributed by atoms with Gasteiger partial charge >= 0.3 is 5.97 Å². The summed E-state index contributed by atoms with van der Waals surface area (Å²) >= 11 is 5.63. The average molecular weight is 183 g/mol. The van der Waals surface area contributed by atoms with Crippen molar-refractivity contribution in [1.82, 2.24) is 0 Å². The van der Waals surface area contributed by atoms with Crippen molar-refractivity contribution >= 4 is 23.6 Å². The van der Waals surface area contributed by atoms with Gasteiger partial charge in [0.1, 0.15) is 0 Å². The molecule has 0 heterocycles. The van der Waals surface area contributed by atoms with Crippen LogP contribution in [0.1, 0.15) is 5.56 Å². The zero-order valence-electron chi connectivity index (χ0n) is 6.20. The van der Waals surface area contributed by atoms with Gasteiger partial charge in [0.2, 0.25) is 0 Å². The zero-order chi connectivity index (χ0) is 8.97.